The number of rotatable bonds is 9. The van der Waals surface area contributed by atoms with Gasteiger partial charge in [-0.1, -0.05) is 43.6 Å². The number of alkyl halides is 1. The number of ketones is 2. The largest absolute Gasteiger partial charge is 0.493 e. The van der Waals surface area contributed by atoms with Crippen molar-refractivity contribution in [3.63, 3.8) is 0 Å². The molecule has 0 saturated heterocycles. The molecule has 0 atom stereocenters. The summed E-state index contributed by atoms with van der Waals surface area (Å²) in [5, 5.41) is 7.68. The van der Waals surface area contributed by atoms with E-state index >= 15 is 0 Å². The van der Waals surface area contributed by atoms with Gasteiger partial charge in [0.1, 0.15) is 11.5 Å². The monoisotopic (exact) mass is 559 g/mol. The Bertz CT molecular complexity index is 1010. The molecule has 36 heavy (non-hydrogen) atoms. The normalized spacial score (nSPS) is 10.0. The Hall–Kier alpha value is -2.65. The van der Waals surface area contributed by atoms with E-state index in [-0.39, 0.29) is 11.6 Å². The van der Waals surface area contributed by atoms with Crippen LogP contribution in [0.3, 0.4) is 0 Å². The second-order valence-electron chi connectivity index (χ2n) is 9.61. The third-order valence-corrected chi connectivity index (χ3v) is 5.44. The molecule has 0 bridgehead atoms. The molecular weight excluding hydrogens is 518 g/mol. The lowest BCUT2D eigenvalue weighted by Crippen LogP contribution is -2.08. The van der Waals surface area contributed by atoms with Crippen molar-refractivity contribution in [2.24, 2.45) is 11.8 Å². The van der Waals surface area contributed by atoms with E-state index in [4.69, 9.17) is 14.7 Å². The molecule has 0 radical (unpaired) electrons. The minimum Gasteiger partial charge on any atom is -0.493 e. The number of benzene rings is 2. The molecule has 0 unspecified atom stereocenters. The predicted molar refractivity (Wildman–Crippen MR) is 152 cm³/mol. The van der Waals surface area contributed by atoms with Gasteiger partial charge in [0.2, 0.25) is 0 Å². The van der Waals surface area contributed by atoms with Crippen LogP contribution in [0.4, 0.5) is 0 Å². The number of nitriles is 1. The molecule has 6 heteroatoms. The zero-order valence-electron chi connectivity index (χ0n) is 23.5. The van der Waals surface area contributed by atoms with Crippen molar-refractivity contribution in [3.05, 3.63) is 57.6 Å². The molecule has 5 nitrogen and oxygen atoms in total. The number of hydrogen-bond donors (Lipinski definition) is 0. The molecule has 2 rings (SSSR count). The Morgan fingerprint density at radius 3 is 1.36 bits per heavy atom. The Labute approximate surface area is 226 Å². The molecule has 0 heterocycles. The Kier molecular flexibility index (Phi) is 15.7. The SMILES string of the molecule is CC#N.CC(=O)c1c(C)cc(OCC(C)C)cc1C.Cc1cc(OCC(C)C)cc(C)c1C(=O)CBr. The van der Waals surface area contributed by atoms with E-state index in [1.807, 2.05) is 52.0 Å². The van der Waals surface area contributed by atoms with Gasteiger partial charge in [-0.2, -0.15) is 5.26 Å². The minimum atomic E-state index is 0.116. The van der Waals surface area contributed by atoms with Gasteiger partial charge in [-0.15, -0.1) is 0 Å². The first kappa shape index (κ1) is 33.4. The quantitative estimate of drug-likeness (QED) is 0.230. The van der Waals surface area contributed by atoms with Gasteiger partial charge in [-0.25, -0.2) is 0 Å². The smallest absolute Gasteiger partial charge is 0.173 e. The maximum atomic E-state index is 11.7. The van der Waals surface area contributed by atoms with Crippen LogP contribution in [0.15, 0.2) is 24.3 Å². The Morgan fingerprint density at radius 1 is 0.806 bits per heavy atom. The highest BCUT2D eigenvalue weighted by molar-refractivity contribution is 9.09. The molecule has 0 aliphatic rings. The van der Waals surface area contributed by atoms with Crippen LogP contribution in [0.5, 0.6) is 11.5 Å². The van der Waals surface area contributed by atoms with E-state index in [9.17, 15) is 9.59 Å². The van der Waals surface area contributed by atoms with E-state index in [1.54, 1.807) is 13.0 Å². The van der Waals surface area contributed by atoms with Crippen LogP contribution in [0, 0.1) is 50.9 Å². The number of ether oxygens (including phenoxy) is 2. The molecule has 2 aromatic rings. The fourth-order valence-electron chi connectivity index (χ4n) is 3.60. The van der Waals surface area contributed by atoms with Crippen molar-refractivity contribution in [2.75, 3.05) is 18.5 Å². The Morgan fingerprint density at radius 2 is 1.11 bits per heavy atom. The van der Waals surface area contributed by atoms with Gasteiger partial charge in [-0.3, -0.25) is 9.59 Å². The highest BCUT2D eigenvalue weighted by atomic mass is 79.9. The lowest BCUT2D eigenvalue weighted by molar-refractivity contribution is 0.101. The van der Waals surface area contributed by atoms with Crippen LogP contribution < -0.4 is 9.47 Å². The summed E-state index contributed by atoms with van der Waals surface area (Å²) in [6.45, 7) is 20.7. The number of hydrogen-bond acceptors (Lipinski definition) is 5. The zero-order valence-corrected chi connectivity index (χ0v) is 25.1. The molecule has 2 aromatic carbocycles. The second-order valence-corrected chi connectivity index (χ2v) is 10.2. The van der Waals surface area contributed by atoms with Gasteiger partial charge >= 0.3 is 0 Å². The standard InChI is InChI=1S/C14H19BrO2.C14H20O2.C2H3N/c1-9(2)8-17-12-5-10(3)14(11(4)6-12)13(16)7-15;1-9(2)8-16-13-6-10(3)14(12(5)15)11(4)7-13;1-2-3/h5-6,9H,7-8H2,1-4H3;6-7,9H,8H2,1-5H3;1H3. The minimum absolute atomic E-state index is 0.116. The molecule has 198 valence electrons. The molecule has 0 amide bonds. The summed E-state index contributed by atoms with van der Waals surface area (Å²) < 4.78 is 11.3. The topological polar surface area (TPSA) is 76.4 Å². The van der Waals surface area contributed by atoms with Crippen LogP contribution in [0.25, 0.3) is 0 Å². The number of aryl methyl sites for hydroxylation is 4. The van der Waals surface area contributed by atoms with Crippen molar-refractivity contribution >= 4 is 27.5 Å². The van der Waals surface area contributed by atoms with Crippen LogP contribution >= 0.6 is 15.9 Å². The molecule has 0 N–H and O–H groups in total. The fraction of sp³-hybridized carbons (Fsp3) is 0.500. The molecule has 0 aliphatic heterocycles. The van der Waals surface area contributed by atoms with E-state index < -0.39 is 0 Å². The number of carbonyl (C=O) groups is 2. The fourth-order valence-corrected chi connectivity index (χ4v) is 3.88. The lowest BCUT2D eigenvalue weighted by Gasteiger charge is -2.13. The molecule has 0 saturated carbocycles. The Balaban J connectivity index is 0.000000614. The maximum absolute atomic E-state index is 11.7. The summed E-state index contributed by atoms with van der Waals surface area (Å²) in [5.41, 5.74) is 5.56. The van der Waals surface area contributed by atoms with Gasteiger partial charge in [0, 0.05) is 18.1 Å². The van der Waals surface area contributed by atoms with Crippen molar-refractivity contribution < 1.29 is 19.1 Å². The summed E-state index contributed by atoms with van der Waals surface area (Å²) in [7, 11) is 0. The van der Waals surface area contributed by atoms with Crippen LogP contribution in [-0.2, 0) is 0 Å². The van der Waals surface area contributed by atoms with Gasteiger partial charge < -0.3 is 9.47 Å². The summed E-state index contributed by atoms with van der Waals surface area (Å²) in [5.74, 6) is 2.95. The number of nitrogens with zero attached hydrogens (tertiary/aromatic N) is 1. The third kappa shape index (κ3) is 11.9. The zero-order chi connectivity index (χ0) is 28.0. The van der Waals surface area contributed by atoms with Gasteiger partial charge in [-0.05, 0) is 93.0 Å². The van der Waals surface area contributed by atoms with Crippen molar-refractivity contribution in [3.8, 4) is 17.6 Å². The first-order valence-electron chi connectivity index (χ1n) is 12.2. The van der Waals surface area contributed by atoms with E-state index in [0.29, 0.717) is 30.4 Å². The highest BCUT2D eigenvalue weighted by Gasteiger charge is 2.13. The van der Waals surface area contributed by atoms with Gasteiger partial charge in [0.15, 0.2) is 11.6 Å². The predicted octanol–water partition coefficient (Wildman–Crippen LogP) is 7.99. The molecule has 0 fully saturated rings. The number of Topliss-reactive ketones (excluding diaryl/α,β-unsaturated/α-hetero) is 2. The average molecular weight is 561 g/mol. The van der Waals surface area contributed by atoms with Crippen molar-refractivity contribution in [1.29, 1.82) is 5.26 Å². The highest BCUT2D eigenvalue weighted by Crippen LogP contribution is 2.24. The van der Waals surface area contributed by atoms with Crippen molar-refractivity contribution in [1.82, 2.24) is 0 Å². The first-order chi connectivity index (χ1) is 16.8. The van der Waals surface area contributed by atoms with Crippen LogP contribution in [0.2, 0.25) is 0 Å². The molecule has 0 aromatic heterocycles. The van der Waals surface area contributed by atoms with E-state index in [2.05, 4.69) is 43.6 Å². The van der Waals surface area contributed by atoms with Crippen LogP contribution in [0.1, 0.15) is 84.5 Å². The number of halogens is 1. The van der Waals surface area contributed by atoms with Crippen molar-refractivity contribution in [2.45, 2.75) is 69.2 Å². The van der Waals surface area contributed by atoms with Gasteiger partial charge in [0.25, 0.3) is 0 Å². The summed E-state index contributed by atoms with van der Waals surface area (Å²) >= 11 is 3.21. The average Bonchev–Trinajstić information content (AvgIpc) is 2.76. The molecule has 0 aliphatic carbocycles. The molecule has 0 spiro atoms. The lowest BCUT2D eigenvalue weighted by atomic mass is 9.99. The van der Waals surface area contributed by atoms with Gasteiger partial charge in [0.05, 0.1) is 24.6 Å². The summed E-state index contributed by atoms with van der Waals surface area (Å²) in [4.78, 5) is 23.2. The van der Waals surface area contributed by atoms with E-state index in [0.717, 1.165) is 44.9 Å². The first-order valence-corrected chi connectivity index (χ1v) is 13.3. The number of carbonyl (C=O) groups excluding carboxylic acids is 2. The molecular formula is C30H42BrNO4. The van der Waals surface area contributed by atoms with E-state index in [1.165, 1.54) is 6.92 Å². The second kappa shape index (κ2) is 16.9. The summed E-state index contributed by atoms with van der Waals surface area (Å²) in [6.07, 6.45) is 0. The maximum Gasteiger partial charge on any atom is 0.173 e. The third-order valence-electron chi connectivity index (χ3n) is 4.93. The van der Waals surface area contributed by atoms with Crippen LogP contribution in [-0.4, -0.2) is 30.1 Å². The summed E-state index contributed by atoms with van der Waals surface area (Å²) in [6, 6.07) is 9.49.